The van der Waals surface area contributed by atoms with Crippen LogP contribution in [0.2, 0.25) is 0 Å². The molecule has 0 aliphatic carbocycles. The van der Waals surface area contributed by atoms with E-state index < -0.39 is 9.52 Å². The molecule has 0 aliphatic heterocycles. The number of rotatable bonds is 3. The number of alkyl halides is 2. The molecular formula is C6H12Br2O2. The van der Waals surface area contributed by atoms with Crippen molar-refractivity contribution in [1.29, 1.82) is 0 Å². The van der Waals surface area contributed by atoms with Gasteiger partial charge in [0.2, 0.25) is 3.42 Å². The van der Waals surface area contributed by atoms with Crippen molar-refractivity contribution >= 4 is 31.9 Å². The molecule has 1 atom stereocenters. The predicted octanol–water partition coefficient (Wildman–Crippen LogP) is 1.83. The van der Waals surface area contributed by atoms with Crippen LogP contribution in [0.1, 0.15) is 20.3 Å². The minimum absolute atomic E-state index is 0.372. The summed E-state index contributed by atoms with van der Waals surface area (Å²) in [7, 11) is 0. The molecule has 0 heterocycles. The van der Waals surface area contributed by atoms with Crippen molar-refractivity contribution in [3.63, 3.8) is 0 Å². The monoisotopic (exact) mass is 274 g/mol. The number of aliphatic hydroxyl groups excluding tert-OH is 1. The lowest BCUT2D eigenvalue weighted by atomic mass is 10.1. The van der Waals surface area contributed by atoms with Crippen molar-refractivity contribution < 1.29 is 10.2 Å². The summed E-state index contributed by atoms with van der Waals surface area (Å²) in [6.07, 6.45) is -0.208. The molecule has 0 amide bonds. The molecule has 0 fully saturated rings. The fourth-order valence-electron chi connectivity index (χ4n) is 0.588. The molecule has 2 nitrogen and oxygen atoms in total. The molecule has 2 N–H and O–H groups in total. The maximum Gasteiger partial charge on any atom is 0.201 e. The summed E-state index contributed by atoms with van der Waals surface area (Å²) in [5.41, 5.74) is 0. The van der Waals surface area contributed by atoms with Gasteiger partial charge in [0.05, 0.1) is 0 Å². The Kier molecular flexibility index (Phi) is 4.40. The first-order valence-corrected chi connectivity index (χ1v) is 4.71. The Morgan fingerprint density at radius 3 is 1.90 bits per heavy atom. The van der Waals surface area contributed by atoms with E-state index in [1.54, 1.807) is 0 Å². The van der Waals surface area contributed by atoms with E-state index in [0.29, 0.717) is 12.3 Å². The van der Waals surface area contributed by atoms with E-state index in [4.69, 9.17) is 5.11 Å². The van der Waals surface area contributed by atoms with Crippen LogP contribution in [-0.2, 0) is 0 Å². The second kappa shape index (κ2) is 4.04. The molecule has 0 saturated heterocycles. The van der Waals surface area contributed by atoms with Crippen LogP contribution in [0.5, 0.6) is 0 Å². The first kappa shape index (κ1) is 10.9. The van der Waals surface area contributed by atoms with Gasteiger partial charge in [0.1, 0.15) is 6.10 Å². The molecule has 62 valence electrons. The van der Waals surface area contributed by atoms with Crippen molar-refractivity contribution in [1.82, 2.24) is 0 Å². The highest BCUT2D eigenvalue weighted by atomic mass is 79.9. The van der Waals surface area contributed by atoms with Crippen LogP contribution in [0.15, 0.2) is 0 Å². The highest BCUT2D eigenvalue weighted by Gasteiger charge is 2.29. The lowest BCUT2D eigenvalue weighted by Gasteiger charge is -2.21. The Bertz CT molecular complexity index is 98.4. The highest BCUT2D eigenvalue weighted by molar-refractivity contribution is 9.25. The van der Waals surface area contributed by atoms with Gasteiger partial charge in [0, 0.05) is 0 Å². The van der Waals surface area contributed by atoms with Gasteiger partial charge in [-0.15, -0.1) is 0 Å². The van der Waals surface area contributed by atoms with Crippen LogP contribution in [0.25, 0.3) is 0 Å². The van der Waals surface area contributed by atoms with Crippen LogP contribution >= 0.6 is 31.9 Å². The maximum atomic E-state index is 9.21. The lowest BCUT2D eigenvalue weighted by molar-refractivity contribution is 0.0463. The standard InChI is InChI=1S/C6H12Br2O2/c1-4(2)3-5(9)6(7,8)10/h4-5,9-10H,3H2,1-2H3. The minimum atomic E-state index is -1.33. The van der Waals surface area contributed by atoms with Gasteiger partial charge in [-0.1, -0.05) is 13.8 Å². The number of hydrogen-bond donors (Lipinski definition) is 2. The Hall–Kier alpha value is 0.880. The van der Waals surface area contributed by atoms with Gasteiger partial charge in [-0.2, -0.15) is 0 Å². The molecule has 0 spiro atoms. The molecule has 1 unspecified atom stereocenters. The summed E-state index contributed by atoms with van der Waals surface area (Å²) in [6.45, 7) is 3.96. The molecule has 0 aliphatic rings. The molecule has 0 rings (SSSR count). The van der Waals surface area contributed by atoms with E-state index in [1.165, 1.54) is 0 Å². The largest absolute Gasteiger partial charge is 0.388 e. The lowest BCUT2D eigenvalue weighted by Crippen LogP contribution is -2.30. The molecule has 0 aromatic heterocycles. The highest BCUT2D eigenvalue weighted by Crippen LogP contribution is 2.29. The molecule has 10 heavy (non-hydrogen) atoms. The zero-order valence-electron chi connectivity index (χ0n) is 6.01. The average Bonchev–Trinajstić information content (AvgIpc) is 1.60. The third kappa shape index (κ3) is 4.66. The second-order valence-electron chi connectivity index (χ2n) is 2.73. The van der Waals surface area contributed by atoms with Crippen molar-refractivity contribution in [2.24, 2.45) is 5.92 Å². The zero-order chi connectivity index (χ0) is 8.36. The van der Waals surface area contributed by atoms with Crippen molar-refractivity contribution in [2.45, 2.75) is 29.8 Å². The first-order chi connectivity index (χ1) is 4.34. The van der Waals surface area contributed by atoms with Crippen molar-refractivity contribution in [2.75, 3.05) is 0 Å². The van der Waals surface area contributed by atoms with E-state index in [1.807, 2.05) is 13.8 Å². The molecular weight excluding hydrogens is 264 g/mol. The SMILES string of the molecule is CC(C)CC(O)C(O)(Br)Br. The summed E-state index contributed by atoms with van der Waals surface area (Å²) in [4.78, 5) is 0. The number of hydrogen-bond acceptors (Lipinski definition) is 2. The summed E-state index contributed by atoms with van der Waals surface area (Å²) >= 11 is 5.79. The first-order valence-electron chi connectivity index (χ1n) is 3.12. The minimum Gasteiger partial charge on any atom is -0.388 e. The predicted molar refractivity (Wildman–Crippen MR) is 48.3 cm³/mol. The van der Waals surface area contributed by atoms with Gasteiger partial charge in [0.15, 0.2) is 0 Å². The van der Waals surface area contributed by atoms with Gasteiger partial charge in [-0.05, 0) is 44.2 Å². The zero-order valence-corrected chi connectivity index (χ0v) is 9.18. The fraction of sp³-hybridized carbons (Fsp3) is 1.00. The molecule has 0 aromatic carbocycles. The van der Waals surface area contributed by atoms with E-state index in [2.05, 4.69) is 31.9 Å². The molecule has 4 heteroatoms. The third-order valence-corrected chi connectivity index (χ3v) is 2.15. The Morgan fingerprint density at radius 1 is 1.40 bits per heavy atom. The molecule has 0 bridgehead atoms. The van der Waals surface area contributed by atoms with Gasteiger partial charge in [0.25, 0.3) is 0 Å². The van der Waals surface area contributed by atoms with Gasteiger partial charge in [-0.3, -0.25) is 0 Å². The third-order valence-electron chi connectivity index (χ3n) is 1.10. The van der Waals surface area contributed by atoms with Gasteiger partial charge in [-0.25, -0.2) is 0 Å². The summed E-state index contributed by atoms with van der Waals surface area (Å²) in [5.74, 6) is 0.372. The maximum absolute atomic E-state index is 9.21. The molecule has 0 radical (unpaired) electrons. The van der Waals surface area contributed by atoms with E-state index in [-0.39, 0.29) is 0 Å². The fourth-order valence-corrected chi connectivity index (χ4v) is 0.962. The van der Waals surface area contributed by atoms with Crippen LogP contribution in [0.3, 0.4) is 0 Å². The van der Waals surface area contributed by atoms with Crippen LogP contribution in [0, 0.1) is 5.92 Å². The summed E-state index contributed by atoms with van der Waals surface area (Å²) in [6, 6.07) is 0. The number of aliphatic hydroxyl groups is 2. The topological polar surface area (TPSA) is 40.5 Å². The van der Waals surface area contributed by atoms with Gasteiger partial charge >= 0.3 is 0 Å². The Balaban J connectivity index is 3.73. The van der Waals surface area contributed by atoms with Gasteiger partial charge < -0.3 is 10.2 Å². The van der Waals surface area contributed by atoms with Crippen LogP contribution in [-0.4, -0.2) is 19.7 Å². The van der Waals surface area contributed by atoms with Crippen molar-refractivity contribution in [3.8, 4) is 0 Å². The summed E-state index contributed by atoms with van der Waals surface area (Å²) in [5, 5.41) is 18.3. The quantitative estimate of drug-likeness (QED) is 0.772. The van der Waals surface area contributed by atoms with E-state index >= 15 is 0 Å². The van der Waals surface area contributed by atoms with Crippen LogP contribution < -0.4 is 0 Å². The average molecular weight is 276 g/mol. The molecule has 0 saturated carbocycles. The van der Waals surface area contributed by atoms with Crippen molar-refractivity contribution in [3.05, 3.63) is 0 Å². The van der Waals surface area contributed by atoms with E-state index in [0.717, 1.165) is 0 Å². The molecule has 0 aromatic rings. The van der Waals surface area contributed by atoms with Crippen LogP contribution in [0.4, 0.5) is 0 Å². The Morgan fingerprint density at radius 2 is 1.80 bits per heavy atom. The second-order valence-corrected chi connectivity index (χ2v) is 6.22. The summed E-state index contributed by atoms with van der Waals surface area (Å²) < 4.78 is -1.33. The van der Waals surface area contributed by atoms with E-state index in [9.17, 15) is 5.11 Å². The Labute approximate surface area is 77.9 Å². The normalized spacial score (nSPS) is 15.9. The smallest absolute Gasteiger partial charge is 0.201 e. The number of halogens is 2.